The summed E-state index contributed by atoms with van der Waals surface area (Å²) < 4.78 is 29.5. The molecular formula is C22H23FN8O3. The molecule has 0 atom stereocenters. The lowest BCUT2D eigenvalue weighted by molar-refractivity contribution is 0.0663. The van der Waals surface area contributed by atoms with Crippen LogP contribution >= 0.6 is 0 Å². The lowest BCUT2D eigenvalue weighted by atomic mass is 10.1. The standard InChI is InChI=1S/C22H23FN8O3/c1-14(2)33-22(32)29-9-7-15(8-10-29)30-11-18(23)19-20(30)24-12-25-21(19)34-17-5-3-16(4-6-17)31-13-26-27-28-31/h3-6,11-15H,7-10H2,1-2H3. The topological polar surface area (TPSA) is 113 Å². The molecule has 4 aromatic rings. The van der Waals surface area contributed by atoms with E-state index in [2.05, 4.69) is 25.5 Å². The van der Waals surface area contributed by atoms with Gasteiger partial charge >= 0.3 is 6.09 Å². The van der Waals surface area contributed by atoms with Gasteiger partial charge in [0.1, 0.15) is 23.8 Å². The number of carbonyl (C=O) groups excluding carboxylic acids is 1. The van der Waals surface area contributed by atoms with Gasteiger partial charge in [-0.05, 0) is 61.4 Å². The Kier molecular flexibility index (Phi) is 5.78. The fraction of sp³-hybridized carbons (Fsp3) is 0.364. The van der Waals surface area contributed by atoms with E-state index in [1.54, 1.807) is 29.2 Å². The van der Waals surface area contributed by atoms with Crippen LogP contribution in [0.25, 0.3) is 16.7 Å². The van der Waals surface area contributed by atoms with Crippen molar-refractivity contribution in [2.24, 2.45) is 0 Å². The van der Waals surface area contributed by atoms with Crippen LogP contribution in [-0.4, -0.2) is 64.9 Å². The molecule has 176 valence electrons. The van der Waals surface area contributed by atoms with Crippen LogP contribution < -0.4 is 4.74 Å². The summed E-state index contributed by atoms with van der Waals surface area (Å²) in [4.78, 5) is 22.3. The Bertz CT molecular complexity index is 1280. The van der Waals surface area contributed by atoms with Crippen LogP contribution in [0.15, 0.2) is 43.1 Å². The first-order chi connectivity index (χ1) is 16.5. The number of tetrazole rings is 1. The minimum atomic E-state index is -0.461. The highest BCUT2D eigenvalue weighted by molar-refractivity contribution is 5.82. The van der Waals surface area contributed by atoms with E-state index in [9.17, 15) is 4.79 Å². The number of piperidine rings is 1. The molecule has 1 fully saturated rings. The predicted molar refractivity (Wildman–Crippen MR) is 118 cm³/mol. The fourth-order valence-corrected chi connectivity index (χ4v) is 4.03. The Morgan fingerprint density at radius 1 is 1.15 bits per heavy atom. The van der Waals surface area contributed by atoms with E-state index < -0.39 is 5.82 Å². The summed E-state index contributed by atoms with van der Waals surface area (Å²) in [5.41, 5.74) is 1.21. The Balaban J connectivity index is 1.34. The Labute approximate surface area is 194 Å². The highest BCUT2D eigenvalue weighted by atomic mass is 19.1. The summed E-state index contributed by atoms with van der Waals surface area (Å²) in [6.07, 6.45) is 5.11. The third-order valence-electron chi connectivity index (χ3n) is 5.65. The third kappa shape index (κ3) is 4.26. The van der Waals surface area contributed by atoms with Gasteiger partial charge in [-0.3, -0.25) is 0 Å². The zero-order valence-electron chi connectivity index (χ0n) is 18.7. The van der Waals surface area contributed by atoms with Gasteiger partial charge in [0.15, 0.2) is 11.5 Å². The zero-order valence-corrected chi connectivity index (χ0v) is 18.7. The minimum Gasteiger partial charge on any atom is -0.447 e. The number of likely N-dealkylation sites (tertiary alicyclic amines) is 1. The van der Waals surface area contributed by atoms with Gasteiger partial charge in [-0.15, -0.1) is 5.10 Å². The smallest absolute Gasteiger partial charge is 0.410 e. The van der Waals surface area contributed by atoms with Gasteiger partial charge in [0.2, 0.25) is 5.88 Å². The summed E-state index contributed by atoms with van der Waals surface area (Å²) in [7, 11) is 0. The molecule has 0 bridgehead atoms. The molecule has 1 aromatic carbocycles. The van der Waals surface area contributed by atoms with Crippen LogP contribution in [-0.2, 0) is 4.74 Å². The number of nitrogens with zero attached hydrogens (tertiary/aromatic N) is 8. The Morgan fingerprint density at radius 3 is 2.59 bits per heavy atom. The molecule has 5 rings (SSSR count). The second kappa shape index (κ2) is 9.04. The van der Waals surface area contributed by atoms with E-state index in [-0.39, 0.29) is 29.5 Å². The average Bonchev–Trinajstić information content (AvgIpc) is 3.48. The van der Waals surface area contributed by atoms with Gasteiger partial charge in [-0.2, -0.15) is 0 Å². The van der Waals surface area contributed by atoms with Crippen molar-refractivity contribution >= 4 is 17.1 Å². The van der Waals surface area contributed by atoms with Gasteiger partial charge in [0.05, 0.1) is 11.8 Å². The number of hydrogen-bond acceptors (Lipinski definition) is 8. The van der Waals surface area contributed by atoms with Crippen LogP contribution in [0.3, 0.4) is 0 Å². The van der Waals surface area contributed by atoms with Crippen LogP contribution in [0.5, 0.6) is 11.6 Å². The number of fused-ring (bicyclic) bond motifs is 1. The molecule has 1 aliphatic rings. The lowest BCUT2D eigenvalue weighted by Gasteiger charge is -2.32. The van der Waals surface area contributed by atoms with Crippen molar-refractivity contribution in [2.45, 2.75) is 38.8 Å². The molecule has 0 unspecified atom stereocenters. The lowest BCUT2D eigenvalue weighted by Crippen LogP contribution is -2.40. The first-order valence-corrected chi connectivity index (χ1v) is 11.0. The molecule has 12 heteroatoms. The molecule has 1 amide bonds. The normalized spacial score (nSPS) is 14.6. The summed E-state index contributed by atoms with van der Waals surface area (Å²) >= 11 is 0. The molecule has 0 spiro atoms. The molecule has 11 nitrogen and oxygen atoms in total. The maximum absolute atomic E-state index is 15.0. The molecule has 34 heavy (non-hydrogen) atoms. The summed E-state index contributed by atoms with van der Waals surface area (Å²) in [6.45, 7) is 4.70. The van der Waals surface area contributed by atoms with E-state index in [0.717, 1.165) is 5.69 Å². The number of aromatic nitrogens is 7. The van der Waals surface area contributed by atoms with Crippen LogP contribution in [0, 0.1) is 5.82 Å². The number of halogens is 1. The van der Waals surface area contributed by atoms with E-state index >= 15 is 4.39 Å². The third-order valence-corrected chi connectivity index (χ3v) is 5.65. The highest BCUT2D eigenvalue weighted by Gasteiger charge is 2.28. The second-order valence-electron chi connectivity index (χ2n) is 8.26. The van der Waals surface area contributed by atoms with E-state index in [0.29, 0.717) is 37.3 Å². The summed E-state index contributed by atoms with van der Waals surface area (Å²) in [5.74, 6) is 0.160. The van der Waals surface area contributed by atoms with E-state index in [4.69, 9.17) is 9.47 Å². The molecule has 4 heterocycles. The minimum absolute atomic E-state index is 0.00609. The summed E-state index contributed by atoms with van der Waals surface area (Å²) in [5, 5.41) is 11.3. The quantitative estimate of drug-likeness (QED) is 0.439. The van der Waals surface area contributed by atoms with Crippen molar-refractivity contribution in [1.82, 2.24) is 39.6 Å². The molecule has 0 N–H and O–H groups in total. The Morgan fingerprint density at radius 2 is 1.91 bits per heavy atom. The first kappa shape index (κ1) is 21.7. The second-order valence-corrected chi connectivity index (χ2v) is 8.26. The predicted octanol–water partition coefficient (Wildman–Crippen LogP) is 3.52. The average molecular weight is 466 g/mol. The molecule has 0 aliphatic carbocycles. The van der Waals surface area contributed by atoms with Gasteiger partial charge in [0.25, 0.3) is 0 Å². The highest BCUT2D eigenvalue weighted by Crippen LogP contribution is 2.34. The van der Waals surface area contributed by atoms with Crippen LogP contribution in [0.1, 0.15) is 32.7 Å². The SMILES string of the molecule is CC(C)OC(=O)N1CCC(n2cc(F)c3c(Oc4ccc(-n5cnnn5)cc4)ncnc32)CC1. The van der Waals surface area contributed by atoms with Gasteiger partial charge in [-0.25, -0.2) is 23.8 Å². The fourth-order valence-electron chi connectivity index (χ4n) is 4.03. The molecule has 3 aromatic heterocycles. The number of rotatable bonds is 5. The maximum atomic E-state index is 15.0. The van der Waals surface area contributed by atoms with Crippen LogP contribution in [0.2, 0.25) is 0 Å². The van der Waals surface area contributed by atoms with Crippen molar-refractivity contribution in [3.8, 4) is 17.3 Å². The molecule has 1 saturated heterocycles. The first-order valence-electron chi connectivity index (χ1n) is 11.0. The molecule has 1 aliphatic heterocycles. The van der Waals surface area contributed by atoms with Gasteiger partial charge < -0.3 is 18.9 Å². The maximum Gasteiger partial charge on any atom is 0.410 e. The molecule has 0 radical (unpaired) electrons. The number of benzene rings is 1. The Hall–Kier alpha value is -4.09. The zero-order chi connectivity index (χ0) is 23.7. The van der Waals surface area contributed by atoms with Crippen molar-refractivity contribution in [2.75, 3.05) is 13.1 Å². The largest absolute Gasteiger partial charge is 0.447 e. The summed E-state index contributed by atoms with van der Waals surface area (Å²) in [6, 6.07) is 7.01. The molecular weight excluding hydrogens is 443 g/mol. The number of ether oxygens (including phenoxy) is 2. The van der Waals surface area contributed by atoms with Crippen molar-refractivity contribution < 1.29 is 18.7 Å². The van der Waals surface area contributed by atoms with Gasteiger partial charge in [-0.1, -0.05) is 0 Å². The van der Waals surface area contributed by atoms with Crippen molar-refractivity contribution in [1.29, 1.82) is 0 Å². The van der Waals surface area contributed by atoms with E-state index in [1.165, 1.54) is 23.5 Å². The monoisotopic (exact) mass is 466 g/mol. The number of carbonyl (C=O) groups is 1. The number of amides is 1. The van der Waals surface area contributed by atoms with Crippen molar-refractivity contribution in [3.63, 3.8) is 0 Å². The number of hydrogen-bond donors (Lipinski definition) is 0. The van der Waals surface area contributed by atoms with Crippen LogP contribution in [0.4, 0.5) is 9.18 Å². The van der Waals surface area contributed by atoms with Gasteiger partial charge in [0, 0.05) is 25.3 Å². The molecule has 0 saturated carbocycles. The van der Waals surface area contributed by atoms with Crippen molar-refractivity contribution in [3.05, 3.63) is 48.9 Å². The van der Waals surface area contributed by atoms with E-state index in [1.807, 2.05) is 18.4 Å².